The molecule has 3 heteroatoms. The molecule has 118 valence electrons. The Hall–Kier alpha value is -2.00. The maximum Gasteiger partial charge on any atom is 0.122 e. The van der Waals surface area contributed by atoms with Gasteiger partial charge in [-0.15, -0.1) is 0 Å². The minimum atomic E-state index is -0.427. The van der Waals surface area contributed by atoms with Crippen molar-refractivity contribution in [2.45, 2.75) is 32.3 Å². The van der Waals surface area contributed by atoms with Gasteiger partial charge in [0.1, 0.15) is 11.5 Å². The molecule has 0 saturated carbocycles. The molecule has 22 heavy (non-hydrogen) atoms. The SMILES string of the molecule is CCCOc1cccc(OCCCC(O)c2ccccc2)c1. The lowest BCUT2D eigenvalue weighted by Crippen LogP contribution is -2.03. The van der Waals surface area contributed by atoms with E-state index in [1.165, 1.54) is 0 Å². The molecule has 0 aliphatic carbocycles. The van der Waals surface area contributed by atoms with Crippen LogP contribution in [0, 0.1) is 0 Å². The molecule has 0 amide bonds. The number of aliphatic hydroxyl groups is 1. The first-order valence-corrected chi connectivity index (χ1v) is 7.88. The van der Waals surface area contributed by atoms with E-state index in [4.69, 9.17) is 9.47 Å². The molecular formula is C19H24O3. The Morgan fingerprint density at radius 2 is 1.59 bits per heavy atom. The molecule has 2 aromatic rings. The highest BCUT2D eigenvalue weighted by molar-refractivity contribution is 5.32. The van der Waals surface area contributed by atoms with Crippen LogP contribution in [0.15, 0.2) is 54.6 Å². The Kier molecular flexibility index (Phi) is 6.78. The van der Waals surface area contributed by atoms with E-state index in [9.17, 15) is 5.11 Å². The van der Waals surface area contributed by atoms with Crippen LogP contribution in [0.3, 0.4) is 0 Å². The molecule has 0 fully saturated rings. The Morgan fingerprint density at radius 3 is 2.27 bits per heavy atom. The molecule has 1 atom stereocenters. The smallest absolute Gasteiger partial charge is 0.122 e. The van der Waals surface area contributed by atoms with Crippen molar-refractivity contribution >= 4 is 0 Å². The van der Waals surface area contributed by atoms with Gasteiger partial charge < -0.3 is 14.6 Å². The van der Waals surface area contributed by atoms with E-state index in [-0.39, 0.29) is 0 Å². The number of rotatable bonds is 9. The predicted octanol–water partition coefficient (Wildman–Crippen LogP) is 4.37. The molecule has 0 spiro atoms. The third-order valence-corrected chi connectivity index (χ3v) is 3.35. The highest BCUT2D eigenvalue weighted by atomic mass is 16.5. The van der Waals surface area contributed by atoms with Crippen molar-refractivity contribution in [1.29, 1.82) is 0 Å². The molecule has 3 nitrogen and oxygen atoms in total. The maximum atomic E-state index is 10.1. The van der Waals surface area contributed by atoms with Crippen LogP contribution in [0.1, 0.15) is 37.9 Å². The second-order valence-corrected chi connectivity index (χ2v) is 5.24. The number of hydrogen-bond acceptors (Lipinski definition) is 3. The molecule has 0 bridgehead atoms. The largest absolute Gasteiger partial charge is 0.493 e. The van der Waals surface area contributed by atoms with Gasteiger partial charge in [-0.2, -0.15) is 0 Å². The summed E-state index contributed by atoms with van der Waals surface area (Å²) < 4.78 is 11.3. The highest BCUT2D eigenvalue weighted by Gasteiger charge is 2.06. The number of benzene rings is 2. The van der Waals surface area contributed by atoms with E-state index in [1.807, 2.05) is 54.6 Å². The summed E-state index contributed by atoms with van der Waals surface area (Å²) in [6.45, 7) is 3.38. The molecule has 0 saturated heterocycles. The molecule has 1 N–H and O–H groups in total. The summed E-state index contributed by atoms with van der Waals surface area (Å²) in [6, 6.07) is 17.4. The zero-order valence-electron chi connectivity index (χ0n) is 13.1. The van der Waals surface area contributed by atoms with Crippen molar-refractivity contribution in [2.75, 3.05) is 13.2 Å². The van der Waals surface area contributed by atoms with Gasteiger partial charge in [-0.25, -0.2) is 0 Å². The highest BCUT2D eigenvalue weighted by Crippen LogP contribution is 2.21. The van der Waals surface area contributed by atoms with Crippen LogP contribution in [-0.2, 0) is 0 Å². The van der Waals surface area contributed by atoms with Crippen LogP contribution in [0.25, 0.3) is 0 Å². The van der Waals surface area contributed by atoms with Gasteiger partial charge in [-0.05, 0) is 37.0 Å². The monoisotopic (exact) mass is 300 g/mol. The van der Waals surface area contributed by atoms with Gasteiger partial charge >= 0.3 is 0 Å². The van der Waals surface area contributed by atoms with Gasteiger partial charge in [0.2, 0.25) is 0 Å². The zero-order chi connectivity index (χ0) is 15.6. The van der Waals surface area contributed by atoms with Crippen molar-refractivity contribution in [1.82, 2.24) is 0 Å². The van der Waals surface area contributed by atoms with Crippen LogP contribution in [0.2, 0.25) is 0 Å². The average molecular weight is 300 g/mol. The molecule has 0 aliphatic heterocycles. The molecule has 0 aliphatic rings. The zero-order valence-corrected chi connectivity index (χ0v) is 13.1. The lowest BCUT2D eigenvalue weighted by Gasteiger charge is -2.12. The van der Waals surface area contributed by atoms with Crippen molar-refractivity contribution in [3.63, 3.8) is 0 Å². The summed E-state index contributed by atoms with van der Waals surface area (Å²) in [6.07, 6.45) is 2.05. The number of hydrogen-bond donors (Lipinski definition) is 1. The second kappa shape index (κ2) is 9.11. The fourth-order valence-corrected chi connectivity index (χ4v) is 2.18. The summed E-state index contributed by atoms with van der Waals surface area (Å²) in [4.78, 5) is 0. The van der Waals surface area contributed by atoms with E-state index < -0.39 is 6.10 Å². The molecule has 1 unspecified atom stereocenters. The molecule has 0 heterocycles. The molecular weight excluding hydrogens is 276 g/mol. The van der Waals surface area contributed by atoms with Crippen molar-refractivity contribution < 1.29 is 14.6 Å². The first-order chi connectivity index (χ1) is 10.8. The topological polar surface area (TPSA) is 38.7 Å². The van der Waals surface area contributed by atoms with E-state index in [0.29, 0.717) is 19.6 Å². The fourth-order valence-electron chi connectivity index (χ4n) is 2.18. The molecule has 0 radical (unpaired) electrons. The van der Waals surface area contributed by atoms with Crippen molar-refractivity contribution in [3.05, 3.63) is 60.2 Å². The summed E-state index contributed by atoms with van der Waals surface area (Å²) in [5.41, 5.74) is 0.956. The van der Waals surface area contributed by atoms with Crippen LogP contribution >= 0.6 is 0 Å². The standard InChI is InChI=1S/C19H24O3/c1-2-13-21-17-10-6-11-18(15-17)22-14-7-12-19(20)16-8-4-3-5-9-16/h3-6,8-11,15,19-20H,2,7,12-14H2,1H3. The molecule has 2 aromatic carbocycles. The minimum absolute atomic E-state index is 0.427. The average Bonchev–Trinajstić information content (AvgIpc) is 2.58. The quantitative estimate of drug-likeness (QED) is 0.699. The van der Waals surface area contributed by atoms with E-state index in [0.717, 1.165) is 29.9 Å². The first-order valence-electron chi connectivity index (χ1n) is 7.88. The van der Waals surface area contributed by atoms with E-state index >= 15 is 0 Å². The van der Waals surface area contributed by atoms with Crippen LogP contribution in [0.4, 0.5) is 0 Å². The summed E-state index contributed by atoms with van der Waals surface area (Å²) in [5.74, 6) is 1.64. The fraction of sp³-hybridized carbons (Fsp3) is 0.368. The summed E-state index contributed by atoms with van der Waals surface area (Å²) in [5, 5.41) is 10.1. The van der Waals surface area contributed by atoms with Gasteiger partial charge in [0.15, 0.2) is 0 Å². The first kappa shape index (κ1) is 16.4. The van der Waals surface area contributed by atoms with Gasteiger partial charge in [0.05, 0.1) is 19.3 Å². The molecule has 2 rings (SSSR count). The Morgan fingerprint density at radius 1 is 0.909 bits per heavy atom. The van der Waals surface area contributed by atoms with Gasteiger partial charge in [-0.1, -0.05) is 43.3 Å². The maximum absolute atomic E-state index is 10.1. The minimum Gasteiger partial charge on any atom is -0.493 e. The van der Waals surface area contributed by atoms with Gasteiger partial charge in [-0.3, -0.25) is 0 Å². The molecule has 0 aromatic heterocycles. The Bertz CT molecular complexity index is 539. The lowest BCUT2D eigenvalue weighted by molar-refractivity contribution is 0.154. The third kappa shape index (κ3) is 5.41. The Labute approximate surface area is 132 Å². The normalized spacial score (nSPS) is 11.9. The number of ether oxygens (including phenoxy) is 2. The van der Waals surface area contributed by atoms with E-state index in [1.54, 1.807) is 0 Å². The van der Waals surface area contributed by atoms with E-state index in [2.05, 4.69) is 6.92 Å². The number of aliphatic hydroxyl groups excluding tert-OH is 1. The van der Waals surface area contributed by atoms with Crippen LogP contribution in [0.5, 0.6) is 11.5 Å². The Balaban J connectivity index is 1.72. The van der Waals surface area contributed by atoms with Gasteiger partial charge in [0.25, 0.3) is 0 Å². The van der Waals surface area contributed by atoms with Crippen molar-refractivity contribution in [3.8, 4) is 11.5 Å². The lowest BCUT2D eigenvalue weighted by atomic mass is 10.1. The van der Waals surface area contributed by atoms with Crippen molar-refractivity contribution in [2.24, 2.45) is 0 Å². The second-order valence-electron chi connectivity index (χ2n) is 5.24. The van der Waals surface area contributed by atoms with Gasteiger partial charge in [0, 0.05) is 6.07 Å². The third-order valence-electron chi connectivity index (χ3n) is 3.35. The summed E-state index contributed by atoms with van der Waals surface area (Å²) in [7, 11) is 0. The predicted molar refractivity (Wildman–Crippen MR) is 88.4 cm³/mol. The van der Waals surface area contributed by atoms with Crippen LogP contribution in [-0.4, -0.2) is 18.3 Å². The summed E-state index contributed by atoms with van der Waals surface area (Å²) >= 11 is 0. The van der Waals surface area contributed by atoms with Crippen LogP contribution < -0.4 is 9.47 Å².